The summed E-state index contributed by atoms with van der Waals surface area (Å²) in [6.07, 6.45) is 0. The Bertz CT molecular complexity index is 658. The van der Waals surface area contributed by atoms with E-state index in [-0.39, 0.29) is 5.56 Å². The van der Waals surface area contributed by atoms with Gasteiger partial charge in [-0.2, -0.15) is 0 Å². The molecule has 2 rings (SSSR count). The van der Waals surface area contributed by atoms with E-state index in [1.165, 1.54) is 13.0 Å². The van der Waals surface area contributed by atoms with Gasteiger partial charge < -0.3 is 5.32 Å². The summed E-state index contributed by atoms with van der Waals surface area (Å²) in [5, 5.41) is 3.13. The molecule has 20 heavy (non-hydrogen) atoms. The maximum absolute atomic E-state index is 13.9. The number of alkyl halides is 1. The van der Waals surface area contributed by atoms with Crippen molar-refractivity contribution >= 4 is 27.5 Å². The van der Waals surface area contributed by atoms with Crippen LogP contribution in [0.1, 0.15) is 21.5 Å². The molecule has 0 saturated heterocycles. The first-order valence-corrected chi connectivity index (χ1v) is 7.06. The molecule has 0 bridgehead atoms. The molecule has 0 saturated carbocycles. The molecule has 0 fully saturated rings. The van der Waals surface area contributed by atoms with Crippen LogP contribution in [0.4, 0.5) is 14.5 Å². The molecule has 0 radical (unpaired) electrons. The molecule has 0 spiro atoms. The van der Waals surface area contributed by atoms with E-state index in [0.29, 0.717) is 11.0 Å². The van der Waals surface area contributed by atoms with Crippen LogP contribution in [0.2, 0.25) is 0 Å². The summed E-state index contributed by atoms with van der Waals surface area (Å²) in [5.41, 5.74) is 1.11. The largest absolute Gasteiger partial charge is 0.322 e. The number of rotatable bonds is 3. The number of carbonyl (C=O) groups is 1. The Morgan fingerprint density at radius 1 is 1.25 bits per heavy atom. The van der Waals surface area contributed by atoms with E-state index in [4.69, 9.17) is 0 Å². The van der Waals surface area contributed by atoms with Crippen LogP contribution < -0.4 is 5.32 Å². The summed E-state index contributed by atoms with van der Waals surface area (Å²) in [4.78, 5) is 12.0. The van der Waals surface area contributed by atoms with Crippen LogP contribution in [0.5, 0.6) is 0 Å². The first-order valence-electron chi connectivity index (χ1n) is 5.93. The lowest BCUT2D eigenvalue weighted by atomic mass is 10.1. The molecule has 0 atom stereocenters. The fourth-order valence-corrected chi connectivity index (χ4v) is 2.14. The number of nitrogens with one attached hydrogen (secondary N) is 1. The second kappa shape index (κ2) is 6.13. The fraction of sp³-hybridized carbons (Fsp3) is 0.133. The van der Waals surface area contributed by atoms with Gasteiger partial charge in [0, 0.05) is 11.0 Å². The molecule has 0 unspecified atom stereocenters. The zero-order chi connectivity index (χ0) is 14.7. The Morgan fingerprint density at radius 3 is 2.70 bits per heavy atom. The van der Waals surface area contributed by atoms with Gasteiger partial charge in [0.25, 0.3) is 5.91 Å². The van der Waals surface area contributed by atoms with E-state index in [0.717, 1.165) is 11.6 Å². The van der Waals surface area contributed by atoms with Gasteiger partial charge in [0.15, 0.2) is 0 Å². The minimum absolute atomic E-state index is 0.228. The van der Waals surface area contributed by atoms with E-state index in [1.807, 2.05) is 6.07 Å². The highest BCUT2D eigenvalue weighted by Gasteiger charge is 2.19. The second-order valence-electron chi connectivity index (χ2n) is 4.34. The average molecular weight is 340 g/mol. The zero-order valence-corrected chi connectivity index (χ0v) is 12.3. The van der Waals surface area contributed by atoms with Crippen molar-refractivity contribution in [3.05, 3.63) is 64.7 Å². The molecular weight excluding hydrogens is 328 g/mol. The highest BCUT2D eigenvalue weighted by molar-refractivity contribution is 9.08. The summed E-state index contributed by atoms with van der Waals surface area (Å²) < 4.78 is 27.5. The fourth-order valence-electron chi connectivity index (χ4n) is 1.79. The minimum atomic E-state index is -0.873. The Kier molecular flexibility index (Phi) is 4.49. The van der Waals surface area contributed by atoms with Crippen molar-refractivity contribution in [3.8, 4) is 0 Å². The summed E-state index contributed by atoms with van der Waals surface area (Å²) in [7, 11) is 0. The normalized spacial score (nSPS) is 10.4. The number of hydrogen-bond acceptors (Lipinski definition) is 1. The molecule has 0 aliphatic heterocycles. The molecule has 1 amide bonds. The Morgan fingerprint density at radius 2 is 2.00 bits per heavy atom. The van der Waals surface area contributed by atoms with Gasteiger partial charge in [0.2, 0.25) is 0 Å². The van der Waals surface area contributed by atoms with Gasteiger partial charge in [-0.25, -0.2) is 8.78 Å². The van der Waals surface area contributed by atoms with Crippen LogP contribution in [0, 0.1) is 18.6 Å². The maximum Gasteiger partial charge on any atom is 0.261 e. The van der Waals surface area contributed by atoms with E-state index < -0.39 is 23.1 Å². The summed E-state index contributed by atoms with van der Waals surface area (Å²) in [6, 6.07) is 9.41. The molecule has 0 aliphatic carbocycles. The van der Waals surface area contributed by atoms with Crippen LogP contribution in [0.25, 0.3) is 0 Å². The third-order valence-corrected chi connectivity index (χ3v) is 3.50. The van der Waals surface area contributed by atoms with Gasteiger partial charge in [0.1, 0.15) is 17.2 Å². The Labute approximate surface area is 123 Å². The quantitative estimate of drug-likeness (QED) is 0.824. The van der Waals surface area contributed by atoms with Gasteiger partial charge in [-0.1, -0.05) is 34.1 Å². The number of aryl methyl sites for hydroxylation is 1. The van der Waals surface area contributed by atoms with Crippen molar-refractivity contribution in [2.45, 2.75) is 12.3 Å². The van der Waals surface area contributed by atoms with E-state index in [2.05, 4.69) is 21.2 Å². The standard InChI is InChI=1S/C15H12BrF2NO/c1-9-5-6-12(17)13(14(9)18)15(20)19-11-4-2-3-10(7-11)8-16/h2-7H,8H2,1H3,(H,19,20). The molecular formula is C15H12BrF2NO. The molecule has 104 valence electrons. The van der Waals surface area contributed by atoms with E-state index in [1.54, 1.807) is 18.2 Å². The highest BCUT2D eigenvalue weighted by Crippen LogP contribution is 2.19. The monoisotopic (exact) mass is 339 g/mol. The molecule has 2 nitrogen and oxygen atoms in total. The highest BCUT2D eigenvalue weighted by atomic mass is 79.9. The van der Waals surface area contributed by atoms with Crippen molar-refractivity contribution < 1.29 is 13.6 Å². The van der Waals surface area contributed by atoms with Crippen LogP contribution in [-0.4, -0.2) is 5.91 Å². The molecule has 0 aromatic heterocycles. The topological polar surface area (TPSA) is 29.1 Å². The van der Waals surface area contributed by atoms with Gasteiger partial charge in [0.05, 0.1) is 0 Å². The van der Waals surface area contributed by atoms with Gasteiger partial charge >= 0.3 is 0 Å². The predicted molar refractivity (Wildman–Crippen MR) is 78.1 cm³/mol. The first-order chi connectivity index (χ1) is 9.52. The zero-order valence-electron chi connectivity index (χ0n) is 10.7. The maximum atomic E-state index is 13.9. The number of hydrogen-bond donors (Lipinski definition) is 1. The average Bonchev–Trinajstić information content (AvgIpc) is 2.43. The first kappa shape index (κ1) is 14.7. The third kappa shape index (κ3) is 3.04. The van der Waals surface area contributed by atoms with E-state index >= 15 is 0 Å². The number of amides is 1. The molecule has 2 aromatic rings. The predicted octanol–water partition coefficient (Wildman–Crippen LogP) is 4.42. The van der Waals surface area contributed by atoms with Gasteiger partial charge in [-0.3, -0.25) is 4.79 Å². The SMILES string of the molecule is Cc1ccc(F)c(C(=O)Nc2cccc(CBr)c2)c1F. The van der Waals surface area contributed by atoms with Crippen LogP contribution in [-0.2, 0) is 5.33 Å². The van der Waals surface area contributed by atoms with Crippen LogP contribution in [0.15, 0.2) is 36.4 Å². The lowest BCUT2D eigenvalue weighted by Crippen LogP contribution is -2.16. The van der Waals surface area contributed by atoms with Crippen molar-refractivity contribution in [1.82, 2.24) is 0 Å². The Hall–Kier alpha value is -1.75. The lowest BCUT2D eigenvalue weighted by molar-refractivity contribution is 0.101. The molecule has 0 heterocycles. The molecule has 0 aliphatic rings. The molecule has 5 heteroatoms. The summed E-state index contributed by atoms with van der Waals surface area (Å²) in [6.45, 7) is 1.48. The third-order valence-electron chi connectivity index (χ3n) is 2.85. The second-order valence-corrected chi connectivity index (χ2v) is 4.90. The van der Waals surface area contributed by atoms with Crippen LogP contribution in [0.3, 0.4) is 0 Å². The van der Waals surface area contributed by atoms with Crippen LogP contribution >= 0.6 is 15.9 Å². The van der Waals surface area contributed by atoms with Crippen molar-refractivity contribution in [1.29, 1.82) is 0 Å². The van der Waals surface area contributed by atoms with Gasteiger partial charge in [-0.15, -0.1) is 0 Å². The summed E-state index contributed by atoms with van der Waals surface area (Å²) in [5.74, 6) is -2.50. The van der Waals surface area contributed by atoms with Crippen molar-refractivity contribution in [3.63, 3.8) is 0 Å². The molecule has 2 aromatic carbocycles. The molecule has 1 N–H and O–H groups in total. The number of benzene rings is 2. The van der Waals surface area contributed by atoms with Crippen molar-refractivity contribution in [2.24, 2.45) is 0 Å². The number of halogens is 3. The smallest absolute Gasteiger partial charge is 0.261 e. The van der Waals surface area contributed by atoms with Gasteiger partial charge in [-0.05, 0) is 36.2 Å². The Balaban J connectivity index is 2.31. The lowest BCUT2D eigenvalue weighted by Gasteiger charge is -2.09. The number of anilines is 1. The number of carbonyl (C=O) groups excluding carboxylic acids is 1. The van der Waals surface area contributed by atoms with Crippen molar-refractivity contribution in [2.75, 3.05) is 5.32 Å². The minimum Gasteiger partial charge on any atom is -0.322 e. The van der Waals surface area contributed by atoms with E-state index in [9.17, 15) is 13.6 Å². The summed E-state index contributed by atoms with van der Waals surface area (Å²) >= 11 is 3.30.